The van der Waals surface area contributed by atoms with Gasteiger partial charge in [0.05, 0.1) is 0 Å². The average molecular weight is 162 g/mol. The van der Waals surface area contributed by atoms with Gasteiger partial charge in [0.1, 0.15) is 0 Å². The second kappa shape index (κ2) is 3.86. The van der Waals surface area contributed by atoms with Gasteiger partial charge in [-0.25, -0.2) is 0 Å². The van der Waals surface area contributed by atoms with Crippen molar-refractivity contribution in [3.05, 3.63) is 12.3 Å². The van der Waals surface area contributed by atoms with Gasteiger partial charge in [-0.15, -0.1) is 0 Å². The van der Waals surface area contributed by atoms with Crippen LogP contribution in [0.2, 0.25) is 0 Å². The summed E-state index contributed by atoms with van der Waals surface area (Å²) in [6, 6.07) is 0.345. The molecule has 9 heavy (non-hydrogen) atoms. The Morgan fingerprint density at radius 1 is 1.67 bits per heavy atom. The van der Waals surface area contributed by atoms with Crippen molar-refractivity contribution in [3.8, 4) is 0 Å². The molecule has 0 aliphatic rings. The van der Waals surface area contributed by atoms with Crippen LogP contribution in [0.25, 0.3) is 0 Å². The van der Waals surface area contributed by atoms with Gasteiger partial charge in [-0.3, -0.25) is 0 Å². The molecular weight excluding hydrogens is 151 g/mol. The Balaban J connectivity index is 3.98. The van der Waals surface area contributed by atoms with E-state index in [2.05, 4.69) is 21.1 Å². The molecule has 3 heteroatoms. The summed E-state index contributed by atoms with van der Waals surface area (Å²) >= 11 is 2.14. The molecule has 0 aromatic rings. The van der Waals surface area contributed by atoms with Gasteiger partial charge in [0.15, 0.2) is 0 Å². The monoisotopic (exact) mass is 162 g/mol. The van der Waals surface area contributed by atoms with Crippen LogP contribution in [-0.2, 0) is 17.2 Å². The third kappa shape index (κ3) is 2.82. The number of hydrogen-bond acceptors (Lipinski definition) is 2. The fourth-order valence-electron chi connectivity index (χ4n) is 0.581. The zero-order valence-corrected chi connectivity index (χ0v) is 7.39. The Bertz CT molecular complexity index is 120. The van der Waals surface area contributed by atoms with E-state index in [4.69, 9.17) is 6.58 Å². The fraction of sp³-hybridized carbons (Fsp3) is 0.667. The summed E-state index contributed by atoms with van der Waals surface area (Å²) in [5, 5.41) is 1.75. The van der Waals surface area contributed by atoms with Crippen LogP contribution in [0, 0.1) is 6.58 Å². The van der Waals surface area contributed by atoms with Gasteiger partial charge < -0.3 is 0 Å². The molecule has 0 unspecified atom stereocenters. The van der Waals surface area contributed by atoms with Gasteiger partial charge in [0.25, 0.3) is 0 Å². The number of allylic oxidation sites excluding steroid dienone is 1. The van der Waals surface area contributed by atoms with Crippen LogP contribution >= 0.6 is 0 Å². The molecule has 0 saturated heterocycles. The van der Waals surface area contributed by atoms with Crippen LogP contribution in [0.4, 0.5) is 0 Å². The van der Waals surface area contributed by atoms with Crippen molar-refractivity contribution in [1.29, 1.82) is 0 Å². The van der Waals surface area contributed by atoms with Crippen LogP contribution in [0.15, 0.2) is 9.60 Å². The van der Waals surface area contributed by atoms with Crippen LogP contribution in [0.3, 0.4) is 0 Å². The van der Waals surface area contributed by atoms with Crippen molar-refractivity contribution in [3.63, 3.8) is 0 Å². The Morgan fingerprint density at radius 3 is 2.11 bits per heavy atom. The summed E-state index contributed by atoms with van der Waals surface area (Å²) in [6.45, 7) is 11.4. The van der Waals surface area contributed by atoms with Crippen molar-refractivity contribution in [2.45, 2.75) is 26.8 Å². The molecule has 0 rings (SSSR count). The van der Waals surface area contributed by atoms with Gasteiger partial charge in [0, 0.05) is 0 Å². The Hall–Kier alpha value is -0.0756. The minimum absolute atomic E-state index is 0.345. The number of nitrogens with zero attached hydrogens (tertiary/aromatic N) is 2. The first kappa shape index (κ1) is 8.92. The second-order valence-corrected chi connectivity index (χ2v) is 2.45. The molecule has 0 aliphatic heterocycles. The first-order valence-electron chi connectivity index (χ1n) is 2.83. The van der Waals surface area contributed by atoms with E-state index >= 15 is 0 Å². The molecule has 0 fully saturated rings. The molecule has 0 spiro atoms. The van der Waals surface area contributed by atoms with E-state index in [1.807, 2.05) is 20.8 Å². The summed E-state index contributed by atoms with van der Waals surface area (Å²) in [5.41, 5.74) is 0.727. The van der Waals surface area contributed by atoms with Crippen molar-refractivity contribution >= 4 is 0 Å². The molecule has 51 valence electrons. The molecule has 0 aliphatic carbocycles. The van der Waals surface area contributed by atoms with E-state index < -0.39 is 0 Å². The van der Waals surface area contributed by atoms with Crippen LogP contribution in [-0.4, -0.2) is 11.1 Å². The third-order valence-corrected chi connectivity index (χ3v) is 1.25. The van der Waals surface area contributed by atoms with Crippen molar-refractivity contribution in [2.24, 2.45) is 3.90 Å². The predicted octanol–water partition coefficient (Wildman–Crippen LogP) is 1.68. The molecule has 0 amide bonds. The first-order chi connectivity index (χ1) is 4.09. The Kier molecular flexibility index (Phi) is 3.83. The average Bonchev–Trinajstić information content (AvgIpc) is 1.64. The van der Waals surface area contributed by atoms with Gasteiger partial charge in [-0.1, -0.05) is 0 Å². The molecule has 0 radical (unpaired) electrons. The molecule has 0 bridgehead atoms. The molecule has 0 heterocycles. The number of hydrogen-bond donors (Lipinski definition) is 0. The zero-order chi connectivity index (χ0) is 7.44. The van der Waals surface area contributed by atoms with Crippen molar-refractivity contribution in [2.75, 3.05) is 0 Å². The van der Waals surface area contributed by atoms with E-state index in [0.29, 0.717) is 6.04 Å². The van der Waals surface area contributed by atoms with E-state index in [0.717, 1.165) is 5.70 Å². The van der Waals surface area contributed by atoms with E-state index in [1.54, 1.807) is 5.01 Å². The van der Waals surface area contributed by atoms with Gasteiger partial charge in [0.2, 0.25) is 0 Å². The maximum absolute atomic E-state index is 5.49. The zero-order valence-electron chi connectivity index (χ0n) is 6.00. The van der Waals surface area contributed by atoms with Crippen molar-refractivity contribution < 1.29 is 17.2 Å². The molecular formula is C6H11N2V-. The Morgan fingerprint density at radius 2 is 2.11 bits per heavy atom. The van der Waals surface area contributed by atoms with Crippen LogP contribution in [0.1, 0.15) is 20.8 Å². The summed E-state index contributed by atoms with van der Waals surface area (Å²) in [4.78, 5) is 0. The third-order valence-electron chi connectivity index (χ3n) is 0.947. The first-order valence-corrected chi connectivity index (χ1v) is 3.45. The van der Waals surface area contributed by atoms with Gasteiger partial charge in [-0.2, -0.15) is 0 Å². The fourth-order valence-corrected chi connectivity index (χ4v) is 1.12. The van der Waals surface area contributed by atoms with Crippen molar-refractivity contribution in [1.82, 2.24) is 5.01 Å². The Labute approximate surface area is 65.7 Å². The molecule has 0 saturated carbocycles. The van der Waals surface area contributed by atoms with E-state index in [9.17, 15) is 0 Å². The summed E-state index contributed by atoms with van der Waals surface area (Å²) in [7, 11) is 0. The summed E-state index contributed by atoms with van der Waals surface area (Å²) in [5.74, 6) is 0. The maximum atomic E-state index is 5.49. The molecule has 0 aromatic heterocycles. The van der Waals surface area contributed by atoms with E-state index in [-0.39, 0.29) is 0 Å². The SMILES string of the molecule is [CH-]=C(C)N([N]=[V])C(C)C. The normalized spacial score (nSPS) is 9.22. The summed E-state index contributed by atoms with van der Waals surface area (Å²) < 4.78 is 3.90. The molecule has 2 nitrogen and oxygen atoms in total. The van der Waals surface area contributed by atoms with Crippen LogP contribution < -0.4 is 0 Å². The predicted molar refractivity (Wildman–Crippen MR) is 32.9 cm³/mol. The topological polar surface area (TPSA) is 15.6 Å². The number of rotatable bonds is 3. The standard InChI is InChI=1S/C6H11N2.V/c1-5(2)8(7)6(3)4;/h1,6H,2-4H3;/q-1;. The van der Waals surface area contributed by atoms with Gasteiger partial charge >= 0.3 is 65.2 Å². The quantitative estimate of drug-likeness (QED) is 0.455. The van der Waals surface area contributed by atoms with E-state index in [1.165, 1.54) is 0 Å². The molecule has 0 N–H and O–H groups in total. The minimum atomic E-state index is 0.345. The molecule has 0 atom stereocenters. The second-order valence-electron chi connectivity index (χ2n) is 2.17. The van der Waals surface area contributed by atoms with Gasteiger partial charge in [-0.05, 0) is 0 Å². The molecule has 0 aromatic carbocycles. The summed E-state index contributed by atoms with van der Waals surface area (Å²) in [6.07, 6.45) is 0. The van der Waals surface area contributed by atoms with Crippen LogP contribution in [0.5, 0.6) is 0 Å².